The van der Waals surface area contributed by atoms with E-state index in [4.69, 9.17) is 27.9 Å². The molecule has 194 valence electrons. The van der Waals surface area contributed by atoms with Gasteiger partial charge in [0, 0.05) is 22.0 Å². The van der Waals surface area contributed by atoms with Crippen molar-refractivity contribution in [2.24, 2.45) is 0 Å². The molecular formula is C28H23Cl2N3O5. The van der Waals surface area contributed by atoms with E-state index in [2.05, 4.69) is 10.6 Å². The number of hydrogen-bond donors (Lipinski definition) is 2. The zero-order valence-electron chi connectivity index (χ0n) is 20.3. The van der Waals surface area contributed by atoms with Crippen LogP contribution in [0.1, 0.15) is 40.5 Å². The predicted molar refractivity (Wildman–Crippen MR) is 146 cm³/mol. The molecule has 4 rings (SSSR count). The topological polar surface area (TPSA) is 105 Å². The molecule has 0 atom stereocenters. The van der Waals surface area contributed by atoms with E-state index in [1.165, 1.54) is 6.07 Å². The van der Waals surface area contributed by atoms with E-state index < -0.39 is 17.8 Å². The molecule has 0 saturated heterocycles. The van der Waals surface area contributed by atoms with Crippen LogP contribution in [0.15, 0.2) is 83.5 Å². The van der Waals surface area contributed by atoms with Gasteiger partial charge >= 0.3 is 5.97 Å². The lowest BCUT2D eigenvalue weighted by Crippen LogP contribution is -2.32. The Balaban J connectivity index is 1.38. The van der Waals surface area contributed by atoms with Crippen LogP contribution in [-0.2, 0) is 14.3 Å². The van der Waals surface area contributed by atoms with E-state index in [1.807, 2.05) is 6.92 Å². The molecule has 0 fully saturated rings. The number of carbonyl (C=O) groups excluding carboxylic acids is 4. The summed E-state index contributed by atoms with van der Waals surface area (Å²) >= 11 is 12.2. The van der Waals surface area contributed by atoms with Crippen molar-refractivity contribution in [1.29, 1.82) is 0 Å². The third kappa shape index (κ3) is 6.04. The highest BCUT2D eigenvalue weighted by Crippen LogP contribution is 2.31. The van der Waals surface area contributed by atoms with Gasteiger partial charge in [0.25, 0.3) is 17.7 Å². The molecule has 3 aromatic carbocycles. The number of amides is 3. The molecule has 3 aromatic rings. The number of rotatable bonds is 9. The zero-order chi connectivity index (χ0) is 27.2. The van der Waals surface area contributed by atoms with Gasteiger partial charge in [0.1, 0.15) is 10.7 Å². The molecule has 0 spiro atoms. The lowest BCUT2D eigenvalue weighted by atomic mass is 10.1. The number of hydrogen-bond acceptors (Lipinski definition) is 6. The van der Waals surface area contributed by atoms with Gasteiger partial charge in [0.15, 0.2) is 0 Å². The van der Waals surface area contributed by atoms with Gasteiger partial charge < -0.3 is 15.4 Å². The first-order valence-electron chi connectivity index (χ1n) is 11.8. The van der Waals surface area contributed by atoms with E-state index in [0.717, 1.165) is 17.7 Å². The largest absolute Gasteiger partial charge is 0.462 e. The average molecular weight is 552 g/mol. The number of nitrogens with one attached hydrogen (secondary N) is 2. The fourth-order valence-electron chi connectivity index (χ4n) is 3.60. The lowest BCUT2D eigenvalue weighted by Gasteiger charge is -2.15. The third-order valence-electron chi connectivity index (χ3n) is 5.62. The number of anilines is 3. The smallest absolute Gasteiger partial charge is 0.338 e. The molecule has 0 aliphatic carbocycles. The molecule has 0 unspecified atom stereocenters. The molecule has 38 heavy (non-hydrogen) atoms. The number of esters is 1. The zero-order valence-corrected chi connectivity index (χ0v) is 21.8. The van der Waals surface area contributed by atoms with Crippen molar-refractivity contribution >= 4 is 64.0 Å². The fourth-order valence-corrected chi connectivity index (χ4v) is 3.99. The van der Waals surface area contributed by atoms with E-state index >= 15 is 0 Å². The van der Waals surface area contributed by atoms with Crippen molar-refractivity contribution in [2.45, 2.75) is 19.8 Å². The third-order valence-corrected chi connectivity index (χ3v) is 6.21. The summed E-state index contributed by atoms with van der Waals surface area (Å²) in [6, 6.07) is 19.0. The van der Waals surface area contributed by atoms with Crippen LogP contribution in [0.4, 0.5) is 17.1 Å². The second-order valence-electron chi connectivity index (χ2n) is 8.34. The Morgan fingerprint density at radius 1 is 0.868 bits per heavy atom. The van der Waals surface area contributed by atoms with Crippen molar-refractivity contribution < 1.29 is 23.9 Å². The van der Waals surface area contributed by atoms with Crippen LogP contribution < -0.4 is 15.5 Å². The molecule has 8 nitrogen and oxygen atoms in total. The Hall–Kier alpha value is -4.14. The first-order chi connectivity index (χ1) is 18.3. The van der Waals surface area contributed by atoms with E-state index in [1.54, 1.807) is 66.7 Å². The summed E-state index contributed by atoms with van der Waals surface area (Å²) in [6.45, 7) is 2.38. The molecule has 0 radical (unpaired) electrons. The minimum atomic E-state index is -0.669. The molecular weight excluding hydrogens is 529 g/mol. The van der Waals surface area contributed by atoms with Crippen molar-refractivity contribution in [1.82, 2.24) is 0 Å². The van der Waals surface area contributed by atoms with E-state index in [9.17, 15) is 19.2 Å². The monoisotopic (exact) mass is 551 g/mol. The van der Waals surface area contributed by atoms with Crippen molar-refractivity contribution in [3.8, 4) is 0 Å². The molecule has 2 N–H and O–H groups in total. The van der Waals surface area contributed by atoms with Crippen LogP contribution in [-0.4, -0.2) is 30.3 Å². The quantitative estimate of drug-likeness (QED) is 0.192. The Morgan fingerprint density at radius 3 is 2.18 bits per heavy atom. The number of ether oxygens (including phenoxy) is 1. The minimum Gasteiger partial charge on any atom is -0.462 e. The molecule has 0 saturated carbocycles. The summed E-state index contributed by atoms with van der Waals surface area (Å²) in [5, 5.41) is 5.74. The predicted octanol–water partition coefficient (Wildman–Crippen LogP) is 5.98. The summed E-state index contributed by atoms with van der Waals surface area (Å²) in [7, 11) is 0. The first-order valence-corrected chi connectivity index (χ1v) is 12.5. The van der Waals surface area contributed by atoms with Gasteiger partial charge in [0.05, 0.1) is 17.9 Å². The van der Waals surface area contributed by atoms with Gasteiger partial charge in [-0.05, 0) is 73.2 Å². The van der Waals surface area contributed by atoms with Crippen LogP contribution in [0.25, 0.3) is 0 Å². The number of halogens is 2. The highest BCUT2D eigenvalue weighted by molar-refractivity contribution is 6.53. The van der Waals surface area contributed by atoms with Gasteiger partial charge in [-0.2, -0.15) is 0 Å². The standard InChI is InChI=1S/C28H23Cl2N3O5/c1-2-3-15-38-28(37)18-9-13-21(14-10-18)32-25(34)17-7-11-20(12-8-17)31-24-23(30)26(35)33(27(24)36)22-6-4-5-19(29)16-22/h4-14,16,31H,2-3,15H2,1H3,(H,32,34). The molecule has 1 heterocycles. The highest BCUT2D eigenvalue weighted by atomic mass is 35.5. The molecule has 0 aromatic heterocycles. The van der Waals surface area contributed by atoms with Gasteiger partial charge in [0.2, 0.25) is 0 Å². The van der Waals surface area contributed by atoms with E-state index in [0.29, 0.717) is 39.8 Å². The Labute approximate surface area is 229 Å². The molecule has 0 bridgehead atoms. The SMILES string of the molecule is CCCCOC(=O)c1ccc(NC(=O)c2ccc(NC3=C(Cl)C(=O)N(c4cccc(Cl)c4)C3=O)cc2)cc1. The van der Waals surface area contributed by atoms with Crippen molar-refractivity contribution in [3.63, 3.8) is 0 Å². The summed E-state index contributed by atoms with van der Waals surface area (Å²) in [4.78, 5) is 51.2. The minimum absolute atomic E-state index is 0.0813. The highest BCUT2D eigenvalue weighted by Gasteiger charge is 2.39. The van der Waals surface area contributed by atoms with Gasteiger partial charge in [-0.25, -0.2) is 9.69 Å². The van der Waals surface area contributed by atoms with Gasteiger partial charge in [-0.15, -0.1) is 0 Å². The number of nitrogens with zero attached hydrogens (tertiary/aromatic N) is 1. The molecule has 3 amide bonds. The average Bonchev–Trinajstić information content (AvgIpc) is 3.12. The number of carbonyl (C=O) groups is 4. The van der Waals surface area contributed by atoms with Crippen LogP contribution >= 0.6 is 23.2 Å². The summed E-state index contributed by atoms with van der Waals surface area (Å²) in [6.07, 6.45) is 1.73. The Kier molecular flexibility index (Phi) is 8.45. The fraction of sp³-hybridized carbons (Fsp3) is 0.143. The van der Waals surface area contributed by atoms with Crippen LogP contribution in [0, 0.1) is 0 Å². The molecule has 1 aliphatic heterocycles. The van der Waals surface area contributed by atoms with Gasteiger partial charge in [-0.3, -0.25) is 14.4 Å². The lowest BCUT2D eigenvalue weighted by molar-refractivity contribution is -0.120. The second kappa shape index (κ2) is 11.9. The van der Waals surface area contributed by atoms with Crippen LogP contribution in [0.3, 0.4) is 0 Å². The normalized spacial score (nSPS) is 13.1. The summed E-state index contributed by atoms with van der Waals surface area (Å²) in [5.74, 6) is -2.07. The number of imide groups is 1. The second-order valence-corrected chi connectivity index (χ2v) is 9.15. The summed E-state index contributed by atoms with van der Waals surface area (Å²) in [5.41, 5.74) is 1.94. The Morgan fingerprint density at radius 2 is 1.53 bits per heavy atom. The van der Waals surface area contributed by atoms with Crippen LogP contribution in [0.5, 0.6) is 0 Å². The van der Waals surface area contributed by atoms with Crippen molar-refractivity contribution in [3.05, 3.63) is 99.7 Å². The summed E-state index contributed by atoms with van der Waals surface area (Å²) < 4.78 is 5.18. The maximum atomic E-state index is 12.9. The van der Waals surface area contributed by atoms with Crippen LogP contribution in [0.2, 0.25) is 5.02 Å². The Bertz CT molecular complexity index is 1420. The van der Waals surface area contributed by atoms with E-state index in [-0.39, 0.29) is 16.6 Å². The number of unbranched alkanes of at least 4 members (excludes halogenated alkanes) is 1. The first kappa shape index (κ1) is 26.9. The maximum absolute atomic E-state index is 12.9. The molecule has 1 aliphatic rings. The molecule has 10 heteroatoms. The van der Waals surface area contributed by atoms with Crippen molar-refractivity contribution in [2.75, 3.05) is 22.1 Å². The van der Waals surface area contributed by atoms with Gasteiger partial charge in [-0.1, -0.05) is 42.6 Å². The number of benzene rings is 3. The maximum Gasteiger partial charge on any atom is 0.338 e.